The third-order valence-electron chi connectivity index (χ3n) is 1.57. The van der Waals surface area contributed by atoms with E-state index in [0.717, 1.165) is 11.5 Å². The molecule has 0 saturated heterocycles. The van der Waals surface area contributed by atoms with Crippen molar-refractivity contribution in [2.24, 2.45) is 0 Å². The number of aromatic nitrogens is 2. The van der Waals surface area contributed by atoms with E-state index in [1.165, 1.54) is 6.33 Å². The molecule has 15 heavy (non-hydrogen) atoms. The highest BCUT2D eigenvalue weighted by Crippen LogP contribution is 2.11. The second-order valence-electron chi connectivity index (χ2n) is 2.68. The number of rotatable bonds is 6. The first kappa shape index (κ1) is 12.1. The van der Waals surface area contributed by atoms with Crippen molar-refractivity contribution in [2.75, 3.05) is 23.4 Å². The van der Waals surface area contributed by atoms with Crippen molar-refractivity contribution in [3.05, 3.63) is 34.4 Å². The number of H-pyrrole nitrogens is 1. The van der Waals surface area contributed by atoms with Crippen molar-refractivity contribution in [3.63, 3.8) is 0 Å². The molecule has 1 aromatic rings. The average molecular weight is 246 g/mol. The Bertz CT molecular complexity index is 380. The first-order valence-corrected chi connectivity index (χ1v) is 5.94. The minimum Gasteiger partial charge on any atom is -0.368 e. The first-order valence-electron chi connectivity index (χ1n) is 4.41. The summed E-state index contributed by atoms with van der Waals surface area (Å²) in [6.45, 7) is 4.34. The summed E-state index contributed by atoms with van der Waals surface area (Å²) in [6.07, 6.45) is 3.18. The fourth-order valence-corrected chi connectivity index (χ4v) is 1.66. The molecule has 0 aliphatic carbocycles. The molecule has 1 aromatic heterocycles. The van der Waals surface area contributed by atoms with Gasteiger partial charge in [0.15, 0.2) is 5.82 Å². The lowest BCUT2D eigenvalue weighted by molar-refractivity contribution is 1.09. The van der Waals surface area contributed by atoms with Crippen LogP contribution in [0.2, 0.25) is 5.02 Å². The van der Waals surface area contributed by atoms with Gasteiger partial charge in [-0.3, -0.25) is 4.79 Å². The van der Waals surface area contributed by atoms with Gasteiger partial charge in [-0.2, -0.15) is 11.8 Å². The highest BCUT2D eigenvalue weighted by Gasteiger charge is 2.03. The molecule has 4 nitrogen and oxygen atoms in total. The molecular weight excluding hydrogens is 234 g/mol. The maximum Gasteiger partial charge on any atom is 0.271 e. The predicted molar refractivity (Wildman–Crippen MR) is 65.9 cm³/mol. The average Bonchev–Trinajstić information content (AvgIpc) is 2.24. The molecule has 0 fully saturated rings. The van der Waals surface area contributed by atoms with Crippen LogP contribution in [0.25, 0.3) is 0 Å². The molecule has 0 spiro atoms. The van der Waals surface area contributed by atoms with Crippen LogP contribution in [0.1, 0.15) is 0 Å². The number of nitrogens with one attached hydrogen (secondary N) is 2. The first-order chi connectivity index (χ1) is 7.25. The van der Waals surface area contributed by atoms with E-state index in [4.69, 9.17) is 11.6 Å². The summed E-state index contributed by atoms with van der Waals surface area (Å²) in [5.74, 6) is 2.26. The molecule has 0 aromatic carbocycles. The SMILES string of the molecule is C=CCSCCNc1nc[nH]c(=O)c1Cl. The number of anilines is 1. The summed E-state index contributed by atoms with van der Waals surface area (Å²) in [4.78, 5) is 17.4. The van der Waals surface area contributed by atoms with Crippen LogP contribution in [0, 0.1) is 0 Å². The maximum absolute atomic E-state index is 11.1. The van der Waals surface area contributed by atoms with E-state index in [9.17, 15) is 4.79 Å². The van der Waals surface area contributed by atoms with Gasteiger partial charge in [0.2, 0.25) is 0 Å². The Morgan fingerprint density at radius 3 is 3.27 bits per heavy atom. The van der Waals surface area contributed by atoms with Crippen molar-refractivity contribution in [3.8, 4) is 0 Å². The van der Waals surface area contributed by atoms with Crippen molar-refractivity contribution in [2.45, 2.75) is 0 Å². The van der Waals surface area contributed by atoms with E-state index >= 15 is 0 Å². The van der Waals surface area contributed by atoms with Gasteiger partial charge < -0.3 is 10.3 Å². The minimum absolute atomic E-state index is 0.103. The third kappa shape index (κ3) is 3.97. The summed E-state index contributed by atoms with van der Waals surface area (Å²) in [5.41, 5.74) is -0.326. The molecule has 0 aliphatic rings. The zero-order valence-corrected chi connectivity index (χ0v) is 9.70. The van der Waals surface area contributed by atoms with Crippen LogP contribution in [0.15, 0.2) is 23.8 Å². The highest BCUT2D eigenvalue weighted by atomic mass is 35.5. The van der Waals surface area contributed by atoms with Gasteiger partial charge in [-0.1, -0.05) is 17.7 Å². The molecule has 0 amide bonds. The van der Waals surface area contributed by atoms with Crippen molar-refractivity contribution < 1.29 is 0 Å². The van der Waals surface area contributed by atoms with Crippen LogP contribution in [-0.4, -0.2) is 28.0 Å². The number of thioether (sulfide) groups is 1. The van der Waals surface area contributed by atoms with Crippen LogP contribution in [0.5, 0.6) is 0 Å². The van der Waals surface area contributed by atoms with E-state index in [2.05, 4.69) is 21.9 Å². The molecule has 0 bridgehead atoms. The van der Waals surface area contributed by atoms with Gasteiger partial charge >= 0.3 is 0 Å². The van der Waals surface area contributed by atoms with E-state index in [1.54, 1.807) is 11.8 Å². The van der Waals surface area contributed by atoms with Crippen molar-refractivity contribution in [1.29, 1.82) is 0 Å². The molecule has 1 heterocycles. The number of aromatic amines is 1. The van der Waals surface area contributed by atoms with Crippen LogP contribution in [0.4, 0.5) is 5.82 Å². The van der Waals surface area contributed by atoms with Gasteiger partial charge in [-0.25, -0.2) is 4.98 Å². The van der Waals surface area contributed by atoms with Gasteiger partial charge in [0.05, 0.1) is 6.33 Å². The van der Waals surface area contributed by atoms with E-state index < -0.39 is 0 Å². The Morgan fingerprint density at radius 1 is 1.73 bits per heavy atom. The second kappa shape index (κ2) is 6.53. The van der Waals surface area contributed by atoms with Gasteiger partial charge in [0.1, 0.15) is 5.02 Å². The molecule has 1 rings (SSSR count). The molecule has 0 aliphatic heterocycles. The van der Waals surface area contributed by atoms with E-state index in [-0.39, 0.29) is 10.6 Å². The molecule has 0 saturated carbocycles. The third-order valence-corrected chi connectivity index (χ3v) is 2.89. The summed E-state index contributed by atoms with van der Waals surface area (Å²) in [5, 5.41) is 3.10. The highest BCUT2D eigenvalue weighted by molar-refractivity contribution is 7.99. The summed E-state index contributed by atoms with van der Waals surface area (Å²) in [6, 6.07) is 0. The normalized spacial score (nSPS) is 9.93. The monoisotopic (exact) mass is 245 g/mol. The smallest absolute Gasteiger partial charge is 0.271 e. The van der Waals surface area contributed by atoms with Crippen molar-refractivity contribution >= 4 is 29.2 Å². The number of nitrogens with zero attached hydrogens (tertiary/aromatic N) is 1. The lowest BCUT2D eigenvalue weighted by Crippen LogP contribution is -2.13. The van der Waals surface area contributed by atoms with Crippen LogP contribution in [-0.2, 0) is 0 Å². The van der Waals surface area contributed by atoms with Gasteiger partial charge in [-0.15, -0.1) is 6.58 Å². The zero-order chi connectivity index (χ0) is 11.1. The van der Waals surface area contributed by atoms with Gasteiger partial charge in [0.25, 0.3) is 5.56 Å². The molecule has 82 valence electrons. The fraction of sp³-hybridized carbons (Fsp3) is 0.333. The van der Waals surface area contributed by atoms with Crippen LogP contribution in [0.3, 0.4) is 0 Å². The minimum atomic E-state index is -0.326. The van der Waals surface area contributed by atoms with Gasteiger partial charge in [0, 0.05) is 18.1 Å². The zero-order valence-electron chi connectivity index (χ0n) is 8.12. The molecule has 0 atom stereocenters. The number of hydrogen-bond donors (Lipinski definition) is 2. The Morgan fingerprint density at radius 2 is 2.53 bits per heavy atom. The lowest BCUT2D eigenvalue weighted by Gasteiger charge is -2.05. The second-order valence-corrected chi connectivity index (χ2v) is 4.21. The standard InChI is InChI=1S/C9H12ClN3OS/c1-2-4-15-5-3-11-8-7(10)9(14)13-6-12-8/h2,6H,1,3-5H2,(H2,11,12,13,14). The summed E-state index contributed by atoms with van der Waals surface area (Å²) < 4.78 is 0. The van der Waals surface area contributed by atoms with E-state index in [1.807, 2.05) is 6.08 Å². The Balaban J connectivity index is 2.41. The summed E-state index contributed by atoms with van der Waals surface area (Å²) in [7, 11) is 0. The van der Waals surface area contributed by atoms with Crippen LogP contribution < -0.4 is 10.9 Å². The summed E-state index contributed by atoms with van der Waals surface area (Å²) >= 11 is 7.49. The number of halogens is 1. The molecular formula is C9H12ClN3OS. The maximum atomic E-state index is 11.1. The van der Waals surface area contributed by atoms with Crippen LogP contribution >= 0.6 is 23.4 Å². The number of hydrogen-bond acceptors (Lipinski definition) is 4. The Kier molecular flexibility index (Phi) is 5.28. The fourth-order valence-electron chi connectivity index (χ4n) is 0.915. The van der Waals surface area contributed by atoms with E-state index in [0.29, 0.717) is 12.4 Å². The molecule has 2 N–H and O–H groups in total. The largest absolute Gasteiger partial charge is 0.368 e. The topological polar surface area (TPSA) is 57.8 Å². The van der Waals surface area contributed by atoms with Crippen molar-refractivity contribution in [1.82, 2.24) is 9.97 Å². The lowest BCUT2D eigenvalue weighted by atomic mass is 10.5. The Hall–Kier alpha value is -0.940. The molecule has 0 radical (unpaired) electrons. The predicted octanol–water partition coefficient (Wildman–Crippen LogP) is 1.75. The molecule has 0 unspecified atom stereocenters. The quantitative estimate of drug-likeness (QED) is 0.592. The Labute approximate surface area is 97.1 Å². The molecule has 6 heteroatoms. The van der Waals surface area contributed by atoms with Gasteiger partial charge in [-0.05, 0) is 0 Å².